The summed E-state index contributed by atoms with van der Waals surface area (Å²) in [5.74, 6) is 0.748. The van der Waals surface area contributed by atoms with Crippen LogP contribution < -0.4 is 10.2 Å². The number of benzene rings is 1. The van der Waals surface area contributed by atoms with Crippen molar-refractivity contribution in [3.63, 3.8) is 0 Å². The molecule has 0 saturated carbocycles. The first-order valence-electron chi connectivity index (χ1n) is 11.7. The number of pyridine rings is 1. The van der Waals surface area contributed by atoms with Crippen molar-refractivity contribution in [1.29, 1.82) is 0 Å². The normalized spacial score (nSPS) is 16.1. The Hall–Kier alpha value is -2.30. The average Bonchev–Trinajstić information content (AvgIpc) is 2.87. The van der Waals surface area contributed by atoms with Gasteiger partial charge >= 0.3 is 0 Å². The third-order valence-corrected chi connectivity index (χ3v) is 7.51. The summed E-state index contributed by atoms with van der Waals surface area (Å²) in [5, 5.41) is 0. The molecule has 2 aromatic heterocycles. The smallest absolute Gasteiger partial charge is 0.154 e. The second-order valence-electron chi connectivity index (χ2n) is 8.37. The summed E-state index contributed by atoms with van der Waals surface area (Å²) in [5.41, 5.74) is 6.41. The van der Waals surface area contributed by atoms with Gasteiger partial charge in [0.15, 0.2) is 5.49 Å². The number of ether oxygens (including phenoxy) is 2. The summed E-state index contributed by atoms with van der Waals surface area (Å²) in [6, 6.07) is 8.47. The molecule has 0 amide bonds. The molecule has 3 aromatic rings. The van der Waals surface area contributed by atoms with Crippen molar-refractivity contribution in [3.8, 4) is 5.75 Å². The van der Waals surface area contributed by atoms with Crippen molar-refractivity contribution in [2.24, 2.45) is 4.99 Å². The molecule has 1 saturated heterocycles. The van der Waals surface area contributed by atoms with Crippen LogP contribution in [0.15, 0.2) is 48.2 Å². The van der Waals surface area contributed by atoms with Crippen molar-refractivity contribution >= 4 is 39.3 Å². The standard InChI is InChI=1S/C26H32IN5O2/c1-5-6-11-34-22-14-21(16-29-17-22)19(3)32-24-15-20(25(27)31-9-12-33-13-10-31)7-8-23(24)30-18(2)26(32)28-4/h7-8,14-17,25H,3,5-6,9-13H2,1-2,4H3/b28-26-. The van der Waals surface area contributed by atoms with Crippen LogP contribution >= 0.6 is 22.6 Å². The molecule has 0 radical (unpaired) electrons. The van der Waals surface area contributed by atoms with Crippen LogP contribution in [0.5, 0.6) is 5.75 Å². The van der Waals surface area contributed by atoms with E-state index in [0.717, 1.165) is 78.4 Å². The summed E-state index contributed by atoms with van der Waals surface area (Å²) in [7, 11) is 1.79. The van der Waals surface area contributed by atoms with Gasteiger partial charge in [0, 0.05) is 37.6 Å². The van der Waals surface area contributed by atoms with Crippen molar-refractivity contribution in [2.75, 3.05) is 40.0 Å². The number of hydrogen-bond acceptors (Lipinski definition) is 6. The van der Waals surface area contributed by atoms with Crippen LogP contribution in [0.3, 0.4) is 0 Å². The van der Waals surface area contributed by atoms with Crippen LogP contribution in [0.1, 0.15) is 40.6 Å². The third kappa shape index (κ3) is 5.34. The Labute approximate surface area is 214 Å². The Balaban J connectivity index is 1.78. The van der Waals surface area contributed by atoms with Crippen molar-refractivity contribution in [2.45, 2.75) is 30.7 Å². The lowest BCUT2D eigenvalue weighted by Gasteiger charge is -2.31. The second-order valence-corrected chi connectivity index (χ2v) is 9.55. The Morgan fingerprint density at radius 3 is 2.79 bits per heavy atom. The van der Waals surface area contributed by atoms with Gasteiger partial charge in [0.05, 0.1) is 46.8 Å². The molecule has 1 aromatic carbocycles. The molecular formula is C26H32IN5O2. The lowest BCUT2D eigenvalue weighted by Crippen LogP contribution is -2.37. The number of alkyl halides is 1. The van der Waals surface area contributed by atoms with E-state index in [1.165, 1.54) is 5.56 Å². The monoisotopic (exact) mass is 573 g/mol. The van der Waals surface area contributed by atoms with E-state index in [4.69, 9.17) is 14.5 Å². The fourth-order valence-corrected chi connectivity index (χ4v) is 5.08. The van der Waals surface area contributed by atoms with Crippen molar-refractivity contribution in [1.82, 2.24) is 19.4 Å². The number of halogens is 1. The first kappa shape index (κ1) is 24.8. The zero-order chi connectivity index (χ0) is 24.1. The number of hydrogen-bond donors (Lipinski definition) is 0. The average molecular weight is 573 g/mol. The molecule has 34 heavy (non-hydrogen) atoms. The molecule has 1 aliphatic rings. The molecule has 8 heteroatoms. The van der Waals surface area contributed by atoms with Crippen LogP contribution in [0.25, 0.3) is 16.7 Å². The van der Waals surface area contributed by atoms with Gasteiger partial charge in [-0.2, -0.15) is 0 Å². The van der Waals surface area contributed by atoms with E-state index < -0.39 is 0 Å². The molecule has 0 spiro atoms. The Morgan fingerprint density at radius 2 is 2.06 bits per heavy atom. The van der Waals surface area contributed by atoms with Gasteiger partial charge in [-0.15, -0.1) is 0 Å². The first-order valence-corrected chi connectivity index (χ1v) is 13.0. The predicted molar refractivity (Wildman–Crippen MR) is 144 cm³/mol. The fraction of sp³-hybridized carbons (Fsp3) is 0.423. The predicted octanol–water partition coefficient (Wildman–Crippen LogP) is 4.73. The molecule has 180 valence electrons. The number of fused-ring (bicyclic) bond motifs is 1. The SMILES string of the molecule is C=C(c1cncc(OCCCC)c1)n1/c(=N\C)c(C)nc2ccc(C(I)N3CCOCC3)cc21. The van der Waals surface area contributed by atoms with Gasteiger partial charge < -0.3 is 9.47 Å². The highest BCUT2D eigenvalue weighted by molar-refractivity contribution is 14.1. The maximum Gasteiger partial charge on any atom is 0.154 e. The largest absolute Gasteiger partial charge is 0.492 e. The Bertz CT molecular complexity index is 1230. The molecule has 1 unspecified atom stereocenters. The summed E-state index contributed by atoms with van der Waals surface area (Å²) < 4.78 is 13.8. The summed E-state index contributed by atoms with van der Waals surface area (Å²) in [4.78, 5) is 16.3. The van der Waals surface area contributed by atoms with Gasteiger partial charge in [-0.1, -0.05) is 48.6 Å². The van der Waals surface area contributed by atoms with Crippen LogP contribution in [-0.2, 0) is 4.74 Å². The number of aromatic nitrogens is 3. The minimum Gasteiger partial charge on any atom is -0.492 e. The number of unbranched alkanes of at least 4 members (excludes halogenated alkanes) is 1. The topological polar surface area (TPSA) is 64.8 Å². The number of nitrogens with zero attached hydrogens (tertiary/aromatic N) is 5. The van der Waals surface area contributed by atoms with E-state index in [9.17, 15) is 0 Å². The molecular weight excluding hydrogens is 541 g/mol. The summed E-state index contributed by atoms with van der Waals surface area (Å²) in [6.45, 7) is 12.7. The van der Waals surface area contributed by atoms with E-state index in [2.05, 4.69) is 73.7 Å². The van der Waals surface area contributed by atoms with Crippen molar-refractivity contribution < 1.29 is 9.47 Å². The minimum atomic E-state index is 0.243. The van der Waals surface area contributed by atoms with Gasteiger partial charge in [-0.3, -0.25) is 19.4 Å². The summed E-state index contributed by atoms with van der Waals surface area (Å²) >= 11 is 2.51. The molecule has 1 fully saturated rings. The molecule has 4 rings (SSSR count). The molecule has 1 aliphatic heterocycles. The zero-order valence-corrected chi connectivity index (χ0v) is 22.3. The highest BCUT2D eigenvalue weighted by atomic mass is 127. The molecule has 0 N–H and O–H groups in total. The maximum atomic E-state index is 5.89. The van der Waals surface area contributed by atoms with Crippen LogP contribution in [0, 0.1) is 6.92 Å². The zero-order valence-electron chi connectivity index (χ0n) is 20.1. The van der Waals surface area contributed by atoms with Gasteiger partial charge in [-0.25, -0.2) is 4.98 Å². The van der Waals surface area contributed by atoms with E-state index in [1.54, 1.807) is 13.2 Å². The van der Waals surface area contributed by atoms with Crippen LogP contribution in [0.2, 0.25) is 0 Å². The Kier molecular flexibility index (Phi) is 8.33. The lowest BCUT2D eigenvalue weighted by atomic mass is 10.1. The lowest BCUT2D eigenvalue weighted by molar-refractivity contribution is 0.0350. The Morgan fingerprint density at radius 1 is 1.26 bits per heavy atom. The molecule has 0 aliphatic carbocycles. The highest BCUT2D eigenvalue weighted by Crippen LogP contribution is 2.31. The number of morpholine rings is 1. The maximum absolute atomic E-state index is 5.89. The van der Waals surface area contributed by atoms with Crippen LogP contribution in [0.4, 0.5) is 0 Å². The summed E-state index contributed by atoms with van der Waals surface area (Å²) in [6.07, 6.45) is 5.67. The fourth-order valence-electron chi connectivity index (χ4n) is 4.14. The quantitative estimate of drug-likeness (QED) is 0.169. The molecule has 3 heterocycles. The second kappa shape index (κ2) is 11.4. The third-order valence-electron chi connectivity index (χ3n) is 6.00. The van der Waals surface area contributed by atoms with E-state index >= 15 is 0 Å². The van der Waals surface area contributed by atoms with Gasteiger partial charge in [0.2, 0.25) is 0 Å². The van der Waals surface area contributed by atoms with E-state index in [-0.39, 0.29) is 4.05 Å². The van der Waals surface area contributed by atoms with Gasteiger partial charge in [0.1, 0.15) is 5.75 Å². The van der Waals surface area contributed by atoms with E-state index in [1.807, 2.05) is 19.2 Å². The molecule has 0 bridgehead atoms. The van der Waals surface area contributed by atoms with Gasteiger partial charge in [-0.05, 0) is 37.1 Å². The number of aryl methyl sites for hydroxylation is 1. The van der Waals surface area contributed by atoms with Crippen LogP contribution in [-0.4, -0.2) is 59.4 Å². The first-order chi connectivity index (χ1) is 16.5. The minimum absolute atomic E-state index is 0.243. The highest BCUT2D eigenvalue weighted by Gasteiger charge is 2.21. The van der Waals surface area contributed by atoms with Crippen molar-refractivity contribution in [3.05, 3.63) is 65.5 Å². The van der Waals surface area contributed by atoms with Gasteiger partial charge in [0.25, 0.3) is 0 Å². The number of rotatable bonds is 8. The van der Waals surface area contributed by atoms with E-state index in [0.29, 0.717) is 6.61 Å². The molecule has 7 nitrogen and oxygen atoms in total. The molecule has 1 atom stereocenters.